The number of anilines is 2. The standard InChI is InChI=1S/C12H16F3N3O3S/c1-16-6-5-11(19)17-10-7-8(12(13,14)15)3-4-9(10)18-22(2,20)21/h3-4,7,16,18H,5-6H2,1-2H3,(H,17,19). The van der Waals surface area contributed by atoms with Crippen molar-refractivity contribution in [1.82, 2.24) is 5.32 Å². The summed E-state index contributed by atoms with van der Waals surface area (Å²) in [5.41, 5.74) is -1.37. The van der Waals surface area contributed by atoms with E-state index in [0.29, 0.717) is 12.6 Å². The van der Waals surface area contributed by atoms with E-state index in [-0.39, 0.29) is 17.8 Å². The molecule has 3 N–H and O–H groups in total. The SMILES string of the molecule is CNCCC(=O)Nc1cc(C(F)(F)F)ccc1NS(C)(=O)=O. The fraction of sp³-hybridized carbons (Fsp3) is 0.417. The van der Waals surface area contributed by atoms with Crippen molar-refractivity contribution in [2.24, 2.45) is 0 Å². The van der Waals surface area contributed by atoms with Crippen LogP contribution in [0.2, 0.25) is 0 Å². The van der Waals surface area contributed by atoms with Crippen LogP contribution in [0.4, 0.5) is 24.5 Å². The van der Waals surface area contributed by atoms with Gasteiger partial charge in [0.05, 0.1) is 23.2 Å². The van der Waals surface area contributed by atoms with Gasteiger partial charge in [0, 0.05) is 13.0 Å². The molecule has 0 aliphatic rings. The zero-order chi connectivity index (χ0) is 17.0. The highest BCUT2D eigenvalue weighted by atomic mass is 32.2. The van der Waals surface area contributed by atoms with Crippen molar-refractivity contribution in [2.45, 2.75) is 12.6 Å². The number of carbonyl (C=O) groups is 1. The van der Waals surface area contributed by atoms with Crippen LogP contribution in [-0.4, -0.2) is 34.2 Å². The van der Waals surface area contributed by atoms with E-state index >= 15 is 0 Å². The summed E-state index contributed by atoms with van der Waals surface area (Å²) in [7, 11) is -2.08. The van der Waals surface area contributed by atoms with Crippen molar-refractivity contribution in [3.63, 3.8) is 0 Å². The minimum atomic E-state index is -4.60. The van der Waals surface area contributed by atoms with Gasteiger partial charge >= 0.3 is 6.18 Å². The molecular formula is C12H16F3N3O3S. The highest BCUT2D eigenvalue weighted by Crippen LogP contribution is 2.34. The number of rotatable bonds is 6. The molecule has 0 radical (unpaired) electrons. The summed E-state index contributed by atoms with van der Waals surface area (Å²) in [4.78, 5) is 11.6. The Morgan fingerprint density at radius 3 is 2.36 bits per heavy atom. The number of halogens is 3. The van der Waals surface area contributed by atoms with Crippen molar-refractivity contribution < 1.29 is 26.4 Å². The van der Waals surface area contributed by atoms with Gasteiger partial charge in [-0.2, -0.15) is 13.2 Å². The lowest BCUT2D eigenvalue weighted by atomic mass is 10.1. The lowest BCUT2D eigenvalue weighted by molar-refractivity contribution is -0.137. The number of hydrogen-bond donors (Lipinski definition) is 3. The number of hydrogen-bond acceptors (Lipinski definition) is 4. The lowest BCUT2D eigenvalue weighted by Gasteiger charge is -2.15. The predicted molar refractivity (Wildman–Crippen MR) is 77.1 cm³/mol. The smallest absolute Gasteiger partial charge is 0.324 e. The van der Waals surface area contributed by atoms with Gasteiger partial charge in [-0.05, 0) is 25.2 Å². The Labute approximate surface area is 126 Å². The minimum absolute atomic E-state index is 0.0328. The van der Waals surface area contributed by atoms with Crippen LogP contribution in [0.3, 0.4) is 0 Å². The maximum absolute atomic E-state index is 12.7. The summed E-state index contributed by atoms with van der Waals surface area (Å²) in [5, 5.41) is 5.00. The van der Waals surface area contributed by atoms with Gasteiger partial charge < -0.3 is 10.6 Å². The van der Waals surface area contributed by atoms with E-state index in [4.69, 9.17) is 0 Å². The summed E-state index contributed by atoms with van der Waals surface area (Å²) >= 11 is 0. The third kappa shape index (κ3) is 5.90. The van der Waals surface area contributed by atoms with E-state index in [1.807, 2.05) is 0 Å². The summed E-state index contributed by atoms with van der Waals surface area (Å²) in [6.45, 7) is 0.333. The maximum Gasteiger partial charge on any atom is 0.416 e. The molecule has 0 atom stereocenters. The van der Waals surface area contributed by atoms with E-state index in [9.17, 15) is 26.4 Å². The summed E-state index contributed by atoms with van der Waals surface area (Å²) in [6.07, 6.45) is -3.71. The Kier molecular flexibility index (Phi) is 5.78. The van der Waals surface area contributed by atoms with Gasteiger partial charge in [0.15, 0.2) is 0 Å². The molecule has 6 nitrogen and oxygen atoms in total. The molecule has 0 unspecified atom stereocenters. The molecule has 0 heterocycles. The molecule has 1 aromatic carbocycles. The minimum Gasteiger partial charge on any atom is -0.324 e. The predicted octanol–water partition coefficient (Wildman–Crippen LogP) is 1.62. The number of nitrogens with one attached hydrogen (secondary N) is 3. The molecule has 10 heteroatoms. The van der Waals surface area contributed by atoms with Crippen LogP contribution >= 0.6 is 0 Å². The Morgan fingerprint density at radius 1 is 1.23 bits per heavy atom. The lowest BCUT2D eigenvalue weighted by Crippen LogP contribution is -2.20. The fourth-order valence-corrected chi connectivity index (χ4v) is 2.14. The quantitative estimate of drug-likeness (QED) is 0.735. The van der Waals surface area contributed by atoms with Gasteiger partial charge in [-0.15, -0.1) is 0 Å². The third-order valence-electron chi connectivity index (χ3n) is 2.52. The first-order valence-corrected chi connectivity index (χ1v) is 8.05. The van der Waals surface area contributed by atoms with E-state index in [1.165, 1.54) is 0 Å². The first-order valence-electron chi connectivity index (χ1n) is 6.16. The molecule has 124 valence electrons. The van der Waals surface area contributed by atoms with Crippen molar-refractivity contribution in [2.75, 3.05) is 29.9 Å². The zero-order valence-electron chi connectivity index (χ0n) is 11.9. The van der Waals surface area contributed by atoms with Crippen molar-refractivity contribution >= 4 is 27.3 Å². The first kappa shape index (κ1) is 18.2. The van der Waals surface area contributed by atoms with Crippen LogP contribution in [0.15, 0.2) is 18.2 Å². The Bertz CT molecular complexity index is 645. The second kappa shape index (κ2) is 6.97. The third-order valence-corrected chi connectivity index (χ3v) is 3.11. The molecule has 0 saturated carbocycles. The van der Waals surface area contributed by atoms with Crippen molar-refractivity contribution in [3.8, 4) is 0 Å². The van der Waals surface area contributed by atoms with Crippen LogP contribution in [0, 0.1) is 0 Å². The largest absolute Gasteiger partial charge is 0.416 e. The summed E-state index contributed by atoms with van der Waals surface area (Å²) < 4.78 is 62.7. The number of alkyl halides is 3. The first-order chi connectivity index (χ1) is 10.0. The van der Waals surface area contributed by atoms with E-state index in [2.05, 4.69) is 15.4 Å². The number of sulfonamides is 1. The second-order valence-electron chi connectivity index (χ2n) is 4.53. The number of benzene rings is 1. The second-order valence-corrected chi connectivity index (χ2v) is 6.28. The Balaban J connectivity index is 3.14. The molecule has 0 saturated heterocycles. The molecule has 0 spiro atoms. The summed E-state index contributed by atoms with van der Waals surface area (Å²) in [5.74, 6) is -0.537. The van der Waals surface area contributed by atoms with Gasteiger partial charge in [0.2, 0.25) is 15.9 Å². The van der Waals surface area contributed by atoms with Gasteiger partial charge in [-0.25, -0.2) is 8.42 Å². The highest BCUT2D eigenvalue weighted by molar-refractivity contribution is 7.92. The summed E-state index contributed by atoms with van der Waals surface area (Å²) in [6, 6.07) is 2.37. The van der Waals surface area contributed by atoms with E-state index < -0.39 is 27.7 Å². The molecule has 1 rings (SSSR count). The fourth-order valence-electron chi connectivity index (χ4n) is 1.56. The number of carbonyl (C=O) groups excluding carboxylic acids is 1. The molecule has 0 fully saturated rings. The molecule has 0 bridgehead atoms. The Hall–Kier alpha value is -1.81. The van der Waals surface area contributed by atoms with Gasteiger partial charge in [-0.3, -0.25) is 9.52 Å². The van der Waals surface area contributed by atoms with Crippen molar-refractivity contribution in [1.29, 1.82) is 0 Å². The van der Waals surface area contributed by atoms with Crippen molar-refractivity contribution in [3.05, 3.63) is 23.8 Å². The normalized spacial score (nSPS) is 12.0. The highest BCUT2D eigenvalue weighted by Gasteiger charge is 2.31. The van der Waals surface area contributed by atoms with Crippen LogP contribution in [0.1, 0.15) is 12.0 Å². The molecule has 1 aromatic rings. The molecule has 22 heavy (non-hydrogen) atoms. The molecule has 1 amide bonds. The van der Waals surface area contributed by atoms with Crippen LogP contribution < -0.4 is 15.4 Å². The van der Waals surface area contributed by atoms with E-state index in [1.54, 1.807) is 7.05 Å². The van der Waals surface area contributed by atoms with Crippen LogP contribution in [0.5, 0.6) is 0 Å². The molecule has 0 aliphatic carbocycles. The average Bonchev–Trinajstić information content (AvgIpc) is 2.35. The van der Waals surface area contributed by atoms with Gasteiger partial charge in [-0.1, -0.05) is 0 Å². The van der Waals surface area contributed by atoms with Gasteiger partial charge in [0.25, 0.3) is 0 Å². The van der Waals surface area contributed by atoms with Crippen LogP contribution in [-0.2, 0) is 21.0 Å². The Morgan fingerprint density at radius 2 is 1.86 bits per heavy atom. The molecule has 0 aliphatic heterocycles. The van der Waals surface area contributed by atoms with Crippen LogP contribution in [0.25, 0.3) is 0 Å². The monoisotopic (exact) mass is 339 g/mol. The molecular weight excluding hydrogens is 323 g/mol. The topological polar surface area (TPSA) is 87.3 Å². The zero-order valence-corrected chi connectivity index (χ0v) is 12.7. The van der Waals surface area contributed by atoms with E-state index in [0.717, 1.165) is 18.4 Å². The average molecular weight is 339 g/mol. The molecule has 0 aromatic heterocycles. The van der Waals surface area contributed by atoms with Gasteiger partial charge in [0.1, 0.15) is 0 Å². The number of amides is 1. The maximum atomic E-state index is 12.7.